The van der Waals surface area contributed by atoms with Crippen LogP contribution in [0.15, 0.2) is 41.6 Å². The van der Waals surface area contributed by atoms with Crippen LogP contribution in [0, 0.1) is 0 Å². The minimum Gasteiger partial charge on any atom is -0.507 e. The molecule has 0 atom stereocenters. The number of anilines is 1. The van der Waals surface area contributed by atoms with Crippen molar-refractivity contribution in [1.82, 2.24) is 15.3 Å². The number of nitrogens with zero attached hydrogens (tertiary/aromatic N) is 3. The smallest absolute Gasteiger partial charge is 0.271 e. The van der Waals surface area contributed by atoms with E-state index >= 15 is 0 Å². The number of phenols is 1. The van der Waals surface area contributed by atoms with Gasteiger partial charge in [0.15, 0.2) is 0 Å². The van der Waals surface area contributed by atoms with Crippen LogP contribution < -0.4 is 10.7 Å². The van der Waals surface area contributed by atoms with Gasteiger partial charge in [-0.1, -0.05) is 18.5 Å². The average molecular weight is 446 g/mol. The molecule has 2 heterocycles. The summed E-state index contributed by atoms with van der Waals surface area (Å²) >= 11 is 5.88. The second kappa shape index (κ2) is 11.6. The standard InChI is InChI=1S/C22H28ClN5O3/c1-2-19(18-5-4-17(23)15-20(18)29)26-27-22(30)16-6-8-25-21(14-16)24-7-3-9-28-10-12-31-13-11-28/h4-6,8,14-15,29H,2-3,7,9-13H2,1H3,(H,24,25)(H,27,30). The minimum atomic E-state index is -0.349. The third-order valence-corrected chi connectivity index (χ3v) is 5.22. The van der Waals surface area contributed by atoms with Crippen molar-refractivity contribution < 1.29 is 14.6 Å². The summed E-state index contributed by atoms with van der Waals surface area (Å²) in [5.41, 5.74) is 4.09. The second-order valence-corrected chi connectivity index (χ2v) is 7.61. The third-order valence-electron chi connectivity index (χ3n) is 4.98. The quantitative estimate of drug-likeness (QED) is 0.311. The number of hydrogen-bond acceptors (Lipinski definition) is 7. The summed E-state index contributed by atoms with van der Waals surface area (Å²) in [6.45, 7) is 7.21. The first-order valence-corrected chi connectivity index (χ1v) is 10.8. The van der Waals surface area contributed by atoms with Crippen molar-refractivity contribution in [3.8, 4) is 5.75 Å². The molecular weight excluding hydrogens is 418 g/mol. The van der Waals surface area contributed by atoms with Crippen molar-refractivity contribution in [3.05, 3.63) is 52.7 Å². The summed E-state index contributed by atoms with van der Waals surface area (Å²) in [6, 6.07) is 8.13. The molecule has 1 fully saturated rings. The van der Waals surface area contributed by atoms with E-state index in [-0.39, 0.29) is 11.7 Å². The Kier molecular flexibility index (Phi) is 8.63. The van der Waals surface area contributed by atoms with Crippen LogP contribution in [0.1, 0.15) is 35.7 Å². The van der Waals surface area contributed by atoms with E-state index in [4.69, 9.17) is 16.3 Å². The van der Waals surface area contributed by atoms with Crippen molar-refractivity contribution in [3.63, 3.8) is 0 Å². The van der Waals surface area contributed by atoms with Crippen LogP contribution in [0.2, 0.25) is 5.02 Å². The molecule has 0 unspecified atom stereocenters. The van der Waals surface area contributed by atoms with Gasteiger partial charge in [-0.15, -0.1) is 0 Å². The summed E-state index contributed by atoms with van der Waals surface area (Å²) in [6.07, 6.45) is 3.10. The average Bonchev–Trinajstić information content (AvgIpc) is 2.79. The number of rotatable bonds is 9. The Balaban J connectivity index is 1.54. The zero-order valence-corrected chi connectivity index (χ0v) is 18.4. The number of carbonyl (C=O) groups is 1. The van der Waals surface area contributed by atoms with Gasteiger partial charge < -0.3 is 15.2 Å². The molecule has 3 rings (SSSR count). The second-order valence-electron chi connectivity index (χ2n) is 7.18. The number of morpholine rings is 1. The number of benzene rings is 1. The van der Waals surface area contributed by atoms with E-state index < -0.39 is 0 Å². The normalized spacial score (nSPS) is 15.0. The van der Waals surface area contributed by atoms with Gasteiger partial charge in [0, 0.05) is 42.0 Å². The molecule has 0 radical (unpaired) electrons. The van der Waals surface area contributed by atoms with Gasteiger partial charge in [-0.2, -0.15) is 5.10 Å². The molecule has 0 saturated carbocycles. The van der Waals surface area contributed by atoms with Crippen molar-refractivity contribution in [2.75, 3.05) is 44.7 Å². The lowest BCUT2D eigenvalue weighted by atomic mass is 10.1. The number of nitrogens with one attached hydrogen (secondary N) is 2. The monoisotopic (exact) mass is 445 g/mol. The number of carbonyl (C=O) groups excluding carboxylic acids is 1. The van der Waals surface area contributed by atoms with Crippen LogP contribution in [-0.2, 0) is 4.74 Å². The molecule has 3 N–H and O–H groups in total. The number of hydrogen-bond donors (Lipinski definition) is 3. The first-order chi connectivity index (χ1) is 15.1. The predicted octanol–water partition coefficient (Wildman–Crippen LogP) is 3.12. The number of aromatic nitrogens is 1. The summed E-state index contributed by atoms with van der Waals surface area (Å²) in [4.78, 5) is 19.2. The van der Waals surface area contributed by atoms with E-state index in [1.807, 2.05) is 6.92 Å². The number of aromatic hydroxyl groups is 1. The highest BCUT2D eigenvalue weighted by Gasteiger charge is 2.12. The Hall–Kier alpha value is -2.68. The summed E-state index contributed by atoms with van der Waals surface area (Å²) < 4.78 is 5.36. The van der Waals surface area contributed by atoms with E-state index in [1.165, 1.54) is 6.07 Å². The van der Waals surface area contributed by atoms with Gasteiger partial charge in [0.05, 0.1) is 18.9 Å². The Morgan fingerprint density at radius 1 is 1.29 bits per heavy atom. The topological polar surface area (TPSA) is 99.1 Å². The molecule has 31 heavy (non-hydrogen) atoms. The van der Waals surface area contributed by atoms with Crippen molar-refractivity contribution >= 4 is 29.0 Å². The zero-order chi connectivity index (χ0) is 22.1. The van der Waals surface area contributed by atoms with Crippen LogP contribution in [-0.4, -0.2) is 66.0 Å². The lowest BCUT2D eigenvalue weighted by Crippen LogP contribution is -2.37. The fraction of sp³-hybridized carbons (Fsp3) is 0.409. The lowest BCUT2D eigenvalue weighted by molar-refractivity contribution is 0.0378. The van der Waals surface area contributed by atoms with Crippen molar-refractivity contribution in [1.29, 1.82) is 0 Å². The van der Waals surface area contributed by atoms with Gasteiger partial charge >= 0.3 is 0 Å². The zero-order valence-electron chi connectivity index (χ0n) is 17.6. The van der Waals surface area contributed by atoms with Crippen LogP contribution >= 0.6 is 11.6 Å². The minimum absolute atomic E-state index is 0.0230. The highest BCUT2D eigenvalue weighted by Crippen LogP contribution is 2.23. The SMILES string of the molecule is CCC(=NNC(=O)c1ccnc(NCCCN2CCOCC2)c1)c1ccc(Cl)cc1O. The molecule has 1 amide bonds. The van der Waals surface area contributed by atoms with Crippen LogP contribution in [0.5, 0.6) is 5.75 Å². The molecule has 1 aromatic heterocycles. The molecule has 0 aliphatic carbocycles. The Labute approximate surface area is 187 Å². The molecule has 0 spiro atoms. The van der Waals surface area contributed by atoms with Crippen LogP contribution in [0.3, 0.4) is 0 Å². The maximum Gasteiger partial charge on any atom is 0.271 e. The number of amides is 1. The maximum absolute atomic E-state index is 12.5. The van der Waals surface area contributed by atoms with Crippen LogP contribution in [0.4, 0.5) is 5.82 Å². The Morgan fingerprint density at radius 2 is 2.10 bits per heavy atom. The maximum atomic E-state index is 12.5. The first-order valence-electron chi connectivity index (χ1n) is 10.4. The molecule has 9 heteroatoms. The summed E-state index contributed by atoms with van der Waals surface area (Å²) in [5, 5.41) is 18.0. The highest BCUT2D eigenvalue weighted by molar-refractivity contribution is 6.30. The lowest BCUT2D eigenvalue weighted by Gasteiger charge is -2.26. The number of phenolic OH excluding ortho intramolecular Hbond substituents is 1. The van der Waals surface area contributed by atoms with E-state index in [0.717, 1.165) is 45.8 Å². The number of hydrazone groups is 1. The number of pyridine rings is 1. The number of ether oxygens (including phenoxy) is 1. The third kappa shape index (κ3) is 6.92. The molecular formula is C22H28ClN5O3. The summed E-state index contributed by atoms with van der Waals surface area (Å²) in [7, 11) is 0. The summed E-state index contributed by atoms with van der Waals surface area (Å²) in [5.74, 6) is 0.317. The number of halogens is 1. The first kappa shape index (κ1) is 23.0. The van der Waals surface area contributed by atoms with E-state index in [2.05, 4.69) is 25.7 Å². The highest BCUT2D eigenvalue weighted by atomic mass is 35.5. The molecule has 1 aromatic carbocycles. The van der Waals surface area contributed by atoms with Crippen molar-refractivity contribution in [2.45, 2.75) is 19.8 Å². The molecule has 1 aliphatic rings. The Bertz CT molecular complexity index is 916. The predicted molar refractivity (Wildman–Crippen MR) is 122 cm³/mol. The fourth-order valence-corrected chi connectivity index (χ4v) is 3.44. The van der Waals surface area contributed by atoms with Gasteiger partial charge in [-0.25, -0.2) is 10.4 Å². The molecule has 2 aromatic rings. The van der Waals surface area contributed by atoms with Gasteiger partial charge in [-0.05, 0) is 49.7 Å². The van der Waals surface area contributed by atoms with Crippen LogP contribution in [0.25, 0.3) is 0 Å². The molecule has 8 nitrogen and oxygen atoms in total. The molecule has 1 saturated heterocycles. The van der Waals surface area contributed by atoms with Gasteiger partial charge in [0.2, 0.25) is 0 Å². The Morgan fingerprint density at radius 3 is 2.84 bits per heavy atom. The molecule has 166 valence electrons. The molecule has 0 bridgehead atoms. The van der Waals surface area contributed by atoms with Crippen molar-refractivity contribution in [2.24, 2.45) is 5.10 Å². The molecule has 1 aliphatic heterocycles. The largest absolute Gasteiger partial charge is 0.507 e. The fourth-order valence-electron chi connectivity index (χ4n) is 3.27. The van der Waals surface area contributed by atoms with E-state index in [9.17, 15) is 9.90 Å². The van der Waals surface area contributed by atoms with E-state index in [0.29, 0.717) is 34.1 Å². The van der Waals surface area contributed by atoms with Gasteiger partial charge in [0.1, 0.15) is 11.6 Å². The van der Waals surface area contributed by atoms with Gasteiger partial charge in [0.25, 0.3) is 5.91 Å². The van der Waals surface area contributed by atoms with Gasteiger partial charge in [-0.3, -0.25) is 9.69 Å². The van der Waals surface area contributed by atoms with E-state index in [1.54, 1.807) is 30.5 Å².